The van der Waals surface area contributed by atoms with Crippen LogP contribution in [0.15, 0.2) is 18.2 Å². The van der Waals surface area contributed by atoms with Crippen LogP contribution in [0.3, 0.4) is 0 Å². The van der Waals surface area contributed by atoms with E-state index in [1.165, 1.54) is 11.1 Å². The summed E-state index contributed by atoms with van der Waals surface area (Å²) < 4.78 is 0. The highest BCUT2D eigenvalue weighted by Crippen LogP contribution is 2.58. The Hall–Kier alpha value is -0.820. The summed E-state index contributed by atoms with van der Waals surface area (Å²) >= 11 is 0. The van der Waals surface area contributed by atoms with E-state index in [1.54, 1.807) is 0 Å². The average Bonchev–Trinajstić information content (AvgIpc) is 2.96. The number of aliphatic hydroxyl groups is 1. The van der Waals surface area contributed by atoms with Crippen molar-refractivity contribution in [2.24, 2.45) is 11.3 Å². The lowest BCUT2D eigenvalue weighted by Gasteiger charge is -2.21. The molecule has 2 rings (SSSR count). The summed E-state index contributed by atoms with van der Waals surface area (Å²) in [6.45, 7) is 13.4. The lowest BCUT2D eigenvalue weighted by molar-refractivity contribution is 0.137. The van der Waals surface area contributed by atoms with Crippen LogP contribution in [0.1, 0.15) is 82.6 Å². The van der Waals surface area contributed by atoms with Gasteiger partial charge in [-0.25, -0.2) is 0 Å². The molecule has 106 valence electrons. The molecule has 0 bridgehead atoms. The average molecular weight is 260 g/mol. The van der Waals surface area contributed by atoms with Crippen molar-refractivity contribution < 1.29 is 5.11 Å². The summed E-state index contributed by atoms with van der Waals surface area (Å²) in [4.78, 5) is 0. The zero-order valence-electron chi connectivity index (χ0n) is 13.2. The first-order valence-corrected chi connectivity index (χ1v) is 7.56. The molecule has 1 N–H and O–H groups in total. The molecule has 0 spiro atoms. The number of aliphatic hydroxyl groups excluding tert-OH is 1. The summed E-state index contributed by atoms with van der Waals surface area (Å²) in [5, 5.41) is 10.7. The second kappa shape index (κ2) is 4.94. The van der Waals surface area contributed by atoms with Gasteiger partial charge in [0.05, 0.1) is 6.10 Å². The Kier molecular flexibility index (Phi) is 3.79. The Labute approximate surface area is 118 Å². The fourth-order valence-electron chi connectivity index (χ4n) is 2.99. The minimum Gasteiger partial charge on any atom is -0.388 e. The van der Waals surface area contributed by atoms with Crippen LogP contribution >= 0.6 is 0 Å². The van der Waals surface area contributed by atoms with Crippen molar-refractivity contribution in [2.75, 3.05) is 0 Å². The molecule has 19 heavy (non-hydrogen) atoms. The molecule has 0 aromatic heterocycles. The first-order valence-electron chi connectivity index (χ1n) is 7.56. The summed E-state index contributed by atoms with van der Waals surface area (Å²) in [6, 6.07) is 6.64. The highest BCUT2D eigenvalue weighted by Gasteiger charge is 2.50. The van der Waals surface area contributed by atoms with E-state index in [0.29, 0.717) is 23.2 Å². The Balaban J connectivity index is 2.34. The molecule has 0 heterocycles. The highest BCUT2D eigenvalue weighted by atomic mass is 16.3. The Morgan fingerprint density at radius 2 is 1.63 bits per heavy atom. The van der Waals surface area contributed by atoms with Crippen LogP contribution in [0.2, 0.25) is 0 Å². The van der Waals surface area contributed by atoms with E-state index < -0.39 is 0 Å². The normalized spacial score (nSPS) is 22.9. The van der Waals surface area contributed by atoms with E-state index in [9.17, 15) is 5.11 Å². The van der Waals surface area contributed by atoms with Crippen LogP contribution in [0.25, 0.3) is 0 Å². The predicted molar refractivity (Wildman–Crippen MR) is 81.5 cm³/mol. The molecule has 2 unspecified atom stereocenters. The van der Waals surface area contributed by atoms with Crippen LogP contribution in [0.5, 0.6) is 0 Å². The van der Waals surface area contributed by atoms with Crippen molar-refractivity contribution in [1.82, 2.24) is 0 Å². The maximum absolute atomic E-state index is 10.7. The van der Waals surface area contributed by atoms with Gasteiger partial charge in [-0.3, -0.25) is 0 Å². The van der Waals surface area contributed by atoms with Crippen LogP contribution in [0, 0.1) is 11.3 Å². The van der Waals surface area contributed by atoms with Crippen LogP contribution < -0.4 is 0 Å². The summed E-state index contributed by atoms with van der Waals surface area (Å²) in [5.74, 6) is 1.43. The molecule has 0 aliphatic heterocycles. The highest BCUT2D eigenvalue weighted by molar-refractivity contribution is 5.38. The Morgan fingerprint density at radius 3 is 2.05 bits per heavy atom. The first-order chi connectivity index (χ1) is 8.74. The third-order valence-electron chi connectivity index (χ3n) is 4.69. The van der Waals surface area contributed by atoms with Crippen molar-refractivity contribution in [3.63, 3.8) is 0 Å². The number of benzene rings is 1. The SMILES string of the molecule is CC(C)c1ccc(C(O)C2CC2(C)C)c(C(C)C)c1. The molecule has 1 aromatic rings. The number of hydrogen-bond donors (Lipinski definition) is 1. The Morgan fingerprint density at radius 1 is 1.05 bits per heavy atom. The van der Waals surface area contributed by atoms with Gasteiger partial charge in [-0.2, -0.15) is 0 Å². The Bertz CT molecular complexity index is 457. The second-order valence-electron chi connectivity index (χ2n) is 7.44. The van der Waals surface area contributed by atoms with E-state index in [-0.39, 0.29) is 6.10 Å². The topological polar surface area (TPSA) is 20.2 Å². The van der Waals surface area contributed by atoms with Gasteiger partial charge in [0.1, 0.15) is 0 Å². The fraction of sp³-hybridized carbons (Fsp3) is 0.667. The molecule has 1 aromatic carbocycles. The number of rotatable bonds is 4. The molecule has 1 aliphatic rings. The maximum atomic E-state index is 10.7. The van der Waals surface area contributed by atoms with E-state index in [0.717, 1.165) is 12.0 Å². The zero-order chi connectivity index (χ0) is 14.4. The van der Waals surface area contributed by atoms with Gasteiger partial charge in [0.25, 0.3) is 0 Å². The van der Waals surface area contributed by atoms with E-state index >= 15 is 0 Å². The molecular formula is C18H28O. The van der Waals surface area contributed by atoms with E-state index in [1.807, 2.05) is 0 Å². The lowest BCUT2D eigenvalue weighted by atomic mass is 9.87. The zero-order valence-corrected chi connectivity index (χ0v) is 13.2. The van der Waals surface area contributed by atoms with E-state index in [4.69, 9.17) is 0 Å². The largest absolute Gasteiger partial charge is 0.388 e. The molecule has 1 aliphatic carbocycles. The molecular weight excluding hydrogens is 232 g/mol. The first kappa shape index (κ1) is 14.6. The molecule has 1 saturated carbocycles. The van der Waals surface area contributed by atoms with Crippen LogP contribution in [0.4, 0.5) is 0 Å². The monoisotopic (exact) mass is 260 g/mol. The minimum atomic E-state index is -0.298. The molecule has 0 saturated heterocycles. The van der Waals surface area contributed by atoms with Crippen molar-refractivity contribution in [3.8, 4) is 0 Å². The van der Waals surface area contributed by atoms with Gasteiger partial charge in [0, 0.05) is 0 Å². The molecule has 1 fully saturated rings. The van der Waals surface area contributed by atoms with Crippen molar-refractivity contribution in [3.05, 3.63) is 34.9 Å². The third-order valence-corrected chi connectivity index (χ3v) is 4.69. The minimum absolute atomic E-state index is 0.298. The molecule has 0 amide bonds. The molecule has 2 atom stereocenters. The third kappa shape index (κ3) is 2.86. The predicted octanol–water partition coefficient (Wildman–Crippen LogP) is 5.01. The van der Waals surface area contributed by atoms with E-state index in [2.05, 4.69) is 59.7 Å². The summed E-state index contributed by atoms with van der Waals surface area (Å²) in [7, 11) is 0. The second-order valence-corrected chi connectivity index (χ2v) is 7.44. The van der Waals surface area contributed by atoms with Crippen molar-refractivity contribution >= 4 is 0 Å². The van der Waals surface area contributed by atoms with Crippen LogP contribution in [-0.4, -0.2) is 5.11 Å². The quantitative estimate of drug-likeness (QED) is 0.806. The van der Waals surface area contributed by atoms with Crippen molar-refractivity contribution in [1.29, 1.82) is 0 Å². The van der Waals surface area contributed by atoms with Gasteiger partial charge < -0.3 is 5.11 Å². The van der Waals surface area contributed by atoms with Gasteiger partial charge in [0.2, 0.25) is 0 Å². The molecule has 1 heteroatoms. The fourth-order valence-corrected chi connectivity index (χ4v) is 2.99. The van der Waals surface area contributed by atoms with Gasteiger partial charge in [-0.05, 0) is 46.3 Å². The lowest BCUT2D eigenvalue weighted by Crippen LogP contribution is -2.09. The van der Waals surface area contributed by atoms with Gasteiger partial charge in [-0.1, -0.05) is 59.7 Å². The van der Waals surface area contributed by atoms with Gasteiger partial charge >= 0.3 is 0 Å². The summed E-state index contributed by atoms with van der Waals surface area (Å²) in [5.41, 5.74) is 4.15. The molecule has 0 radical (unpaired) electrons. The van der Waals surface area contributed by atoms with Gasteiger partial charge in [-0.15, -0.1) is 0 Å². The van der Waals surface area contributed by atoms with Crippen LogP contribution in [-0.2, 0) is 0 Å². The van der Waals surface area contributed by atoms with Gasteiger partial charge in [0.15, 0.2) is 0 Å². The molecule has 1 nitrogen and oxygen atoms in total. The number of hydrogen-bond acceptors (Lipinski definition) is 1. The smallest absolute Gasteiger partial charge is 0.0826 e. The standard InChI is InChI=1S/C18H28O/c1-11(2)13-7-8-14(15(9-13)12(3)4)17(19)16-10-18(16,5)6/h7-9,11-12,16-17,19H,10H2,1-6H3. The van der Waals surface area contributed by atoms with Crippen molar-refractivity contribution in [2.45, 2.75) is 65.9 Å². The summed E-state index contributed by atoms with van der Waals surface area (Å²) in [6.07, 6.45) is 0.839. The maximum Gasteiger partial charge on any atom is 0.0826 e.